The van der Waals surface area contributed by atoms with Crippen LogP contribution in [0.5, 0.6) is 0 Å². The number of hydrogen-bond donors (Lipinski definition) is 1. The van der Waals surface area contributed by atoms with Crippen molar-refractivity contribution >= 4 is 5.69 Å². The molecule has 0 unspecified atom stereocenters. The van der Waals surface area contributed by atoms with Crippen LogP contribution in [-0.4, -0.2) is 0 Å². The molecule has 2 rings (SSSR count). The molecule has 0 saturated carbocycles. The largest absolute Gasteiger partial charge is 0.398 e. The van der Waals surface area contributed by atoms with Gasteiger partial charge in [0.05, 0.1) is 0 Å². The molecule has 0 radical (unpaired) electrons. The highest BCUT2D eigenvalue weighted by Crippen LogP contribution is 2.42. The molecule has 70 valence electrons. The van der Waals surface area contributed by atoms with Crippen LogP contribution in [-0.2, 0) is 12.3 Å². The third kappa shape index (κ3) is 1.28. The first-order valence-electron chi connectivity index (χ1n) is 4.37. The third-order valence-electron chi connectivity index (χ3n) is 2.49. The van der Waals surface area contributed by atoms with E-state index in [0.29, 0.717) is 12.0 Å². The number of aryl methyl sites for hydroxylation is 1. The SMILES string of the molecule is Nc1cccc2c1C(F)(F)CCC2. The molecule has 1 aliphatic rings. The van der Waals surface area contributed by atoms with Crippen LogP contribution in [0, 0.1) is 0 Å². The number of nitrogens with two attached hydrogens (primary N) is 1. The number of fused-ring (bicyclic) bond motifs is 1. The molecule has 1 aromatic carbocycles. The van der Waals surface area contributed by atoms with Crippen molar-refractivity contribution in [2.45, 2.75) is 25.2 Å². The minimum absolute atomic E-state index is 0.0567. The standard InChI is InChI=1S/C10H11F2N/c11-10(12)6-2-4-7-3-1-5-8(13)9(7)10/h1,3,5H,2,4,6,13H2. The van der Waals surface area contributed by atoms with E-state index in [1.54, 1.807) is 12.1 Å². The molecule has 1 aliphatic carbocycles. The fourth-order valence-electron chi connectivity index (χ4n) is 1.90. The maximum Gasteiger partial charge on any atom is 0.275 e. The van der Waals surface area contributed by atoms with Crippen molar-refractivity contribution in [1.29, 1.82) is 0 Å². The quantitative estimate of drug-likeness (QED) is 0.615. The summed E-state index contributed by atoms with van der Waals surface area (Å²) >= 11 is 0. The predicted molar refractivity (Wildman–Crippen MR) is 47.7 cm³/mol. The second-order valence-electron chi connectivity index (χ2n) is 3.44. The first kappa shape index (κ1) is 8.48. The van der Waals surface area contributed by atoms with Crippen LogP contribution in [0.3, 0.4) is 0 Å². The van der Waals surface area contributed by atoms with Crippen LogP contribution in [0.2, 0.25) is 0 Å². The number of halogens is 2. The summed E-state index contributed by atoms with van der Waals surface area (Å²) < 4.78 is 26.8. The normalized spacial score (nSPS) is 19.5. The fourth-order valence-corrected chi connectivity index (χ4v) is 1.90. The summed E-state index contributed by atoms with van der Waals surface area (Å²) in [5.74, 6) is -2.72. The van der Waals surface area contributed by atoms with Crippen LogP contribution in [0.4, 0.5) is 14.5 Å². The van der Waals surface area contributed by atoms with Crippen molar-refractivity contribution in [2.75, 3.05) is 5.73 Å². The Morgan fingerprint density at radius 2 is 2.08 bits per heavy atom. The zero-order chi connectivity index (χ0) is 9.47. The van der Waals surface area contributed by atoms with Crippen LogP contribution in [0.15, 0.2) is 18.2 Å². The topological polar surface area (TPSA) is 26.0 Å². The van der Waals surface area contributed by atoms with Gasteiger partial charge in [0.1, 0.15) is 0 Å². The number of anilines is 1. The zero-order valence-corrected chi connectivity index (χ0v) is 7.19. The van der Waals surface area contributed by atoms with Gasteiger partial charge in [-0.3, -0.25) is 0 Å². The Morgan fingerprint density at radius 3 is 2.77 bits per heavy atom. The molecule has 0 bridgehead atoms. The smallest absolute Gasteiger partial charge is 0.275 e. The van der Waals surface area contributed by atoms with Gasteiger partial charge in [-0.25, -0.2) is 8.78 Å². The summed E-state index contributed by atoms with van der Waals surface area (Å²) in [7, 11) is 0. The Kier molecular flexibility index (Phi) is 1.75. The first-order valence-corrected chi connectivity index (χ1v) is 4.37. The number of benzene rings is 1. The number of rotatable bonds is 0. The van der Waals surface area contributed by atoms with Gasteiger partial charge in [0.2, 0.25) is 0 Å². The van der Waals surface area contributed by atoms with Gasteiger partial charge >= 0.3 is 0 Å². The molecule has 1 aromatic rings. The van der Waals surface area contributed by atoms with Crippen molar-refractivity contribution in [1.82, 2.24) is 0 Å². The number of hydrogen-bond acceptors (Lipinski definition) is 1. The van der Waals surface area contributed by atoms with Gasteiger partial charge < -0.3 is 5.73 Å². The van der Waals surface area contributed by atoms with E-state index in [1.165, 1.54) is 6.07 Å². The highest BCUT2D eigenvalue weighted by Gasteiger charge is 2.37. The lowest BCUT2D eigenvalue weighted by atomic mass is 9.87. The van der Waals surface area contributed by atoms with E-state index < -0.39 is 5.92 Å². The van der Waals surface area contributed by atoms with E-state index in [-0.39, 0.29) is 17.7 Å². The fraction of sp³-hybridized carbons (Fsp3) is 0.400. The van der Waals surface area contributed by atoms with Gasteiger partial charge in [0, 0.05) is 17.7 Å². The van der Waals surface area contributed by atoms with E-state index in [4.69, 9.17) is 5.73 Å². The van der Waals surface area contributed by atoms with E-state index >= 15 is 0 Å². The monoisotopic (exact) mass is 183 g/mol. The second-order valence-corrected chi connectivity index (χ2v) is 3.44. The Balaban J connectivity index is 2.61. The first-order chi connectivity index (χ1) is 6.11. The van der Waals surface area contributed by atoms with Crippen molar-refractivity contribution < 1.29 is 8.78 Å². The van der Waals surface area contributed by atoms with Crippen LogP contribution in [0.1, 0.15) is 24.0 Å². The van der Waals surface area contributed by atoms with Gasteiger partial charge in [-0.1, -0.05) is 12.1 Å². The molecular weight excluding hydrogens is 172 g/mol. The molecule has 3 heteroatoms. The average Bonchev–Trinajstić information content (AvgIpc) is 2.02. The van der Waals surface area contributed by atoms with Crippen molar-refractivity contribution in [3.8, 4) is 0 Å². The summed E-state index contributed by atoms with van der Waals surface area (Å²) in [6.07, 6.45) is 1.19. The Morgan fingerprint density at radius 1 is 1.31 bits per heavy atom. The lowest BCUT2D eigenvalue weighted by molar-refractivity contribution is -0.0208. The molecule has 1 nitrogen and oxygen atoms in total. The Hall–Kier alpha value is -1.12. The van der Waals surface area contributed by atoms with Gasteiger partial charge in [0.15, 0.2) is 0 Å². The zero-order valence-electron chi connectivity index (χ0n) is 7.19. The van der Waals surface area contributed by atoms with Gasteiger partial charge in [-0.05, 0) is 24.5 Å². The molecule has 0 heterocycles. The van der Waals surface area contributed by atoms with E-state index in [1.807, 2.05) is 0 Å². The van der Waals surface area contributed by atoms with Crippen molar-refractivity contribution in [3.63, 3.8) is 0 Å². The van der Waals surface area contributed by atoms with E-state index in [2.05, 4.69) is 0 Å². The van der Waals surface area contributed by atoms with Crippen molar-refractivity contribution in [3.05, 3.63) is 29.3 Å². The van der Waals surface area contributed by atoms with Gasteiger partial charge in [0.25, 0.3) is 5.92 Å². The highest BCUT2D eigenvalue weighted by molar-refractivity contribution is 5.54. The third-order valence-corrected chi connectivity index (χ3v) is 2.49. The lowest BCUT2D eigenvalue weighted by Gasteiger charge is -2.26. The molecule has 0 aliphatic heterocycles. The minimum Gasteiger partial charge on any atom is -0.398 e. The minimum atomic E-state index is -2.72. The lowest BCUT2D eigenvalue weighted by Crippen LogP contribution is -2.22. The molecule has 0 saturated heterocycles. The molecule has 0 spiro atoms. The molecule has 0 fully saturated rings. The molecule has 2 N–H and O–H groups in total. The van der Waals surface area contributed by atoms with Crippen molar-refractivity contribution in [2.24, 2.45) is 0 Å². The van der Waals surface area contributed by atoms with E-state index in [0.717, 1.165) is 6.42 Å². The molecule has 0 atom stereocenters. The van der Waals surface area contributed by atoms with Gasteiger partial charge in [-0.15, -0.1) is 0 Å². The highest BCUT2D eigenvalue weighted by atomic mass is 19.3. The molecule has 0 amide bonds. The molecular formula is C10H11F2N. The summed E-state index contributed by atoms with van der Waals surface area (Å²) in [6, 6.07) is 5.01. The van der Waals surface area contributed by atoms with Gasteiger partial charge in [-0.2, -0.15) is 0 Å². The number of alkyl halides is 2. The predicted octanol–water partition coefficient (Wildman–Crippen LogP) is 2.70. The summed E-state index contributed by atoms with van der Waals surface area (Å²) in [6.45, 7) is 0. The maximum absolute atomic E-state index is 13.4. The number of nitrogen functional groups attached to an aromatic ring is 1. The maximum atomic E-state index is 13.4. The summed E-state index contributed by atoms with van der Waals surface area (Å²) in [5.41, 5.74) is 6.52. The molecule has 0 aromatic heterocycles. The Labute approximate surface area is 75.6 Å². The Bertz CT molecular complexity index is 334. The second kappa shape index (κ2) is 2.69. The average molecular weight is 183 g/mol. The van der Waals surface area contributed by atoms with Crippen LogP contribution >= 0.6 is 0 Å². The summed E-state index contributed by atoms with van der Waals surface area (Å²) in [5, 5.41) is 0. The van der Waals surface area contributed by atoms with Crippen LogP contribution < -0.4 is 5.73 Å². The molecule has 13 heavy (non-hydrogen) atoms. The van der Waals surface area contributed by atoms with E-state index in [9.17, 15) is 8.78 Å². The van der Waals surface area contributed by atoms with Crippen LogP contribution in [0.25, 0.3) is 0 Å². The summed E-state index contributed by atoms with van der Waals surface area (Å²) in [4.78, 5) is 0.